The van der Waals surface area contributed by atoms with Crippen LogP contribution in [0.1, 0.15) is 25.7 Å². The lowest BCUT2D eigenvalue weighted by atomic mass is 10.00. The lowest BCUT2D eigenvalue weighted by Gasteiger charge is -2.37. The fourth-order valence-electron chi connectivity index (χ4n) is 2.74. The van der Waals surface area contributed by atoms with Crippen molar-refractivity contribution >= 4 is 10.2 Å². The van der Waals surface area contributed by atoms with E-state index in [0.29, 0.717) is 26.3 Å². The molecule has 0 aromatic rings. The van der Waals surface area contributed by atoms with E-state index in [1.807, 2.05) is 0 Å². The molecule has 2 aliphatic heterocycles. The molecular weight excluding hydrogens is 268 g/mol. The lowest BCUT2D eigenvalue weighted by molar-refractivity contribution is 0.0611. The molecule has 2 rings (SSSR count). The predicted octanol–water partition coefficient (Wildman–Crippen LogP) is 0.0463. The van der Waals surface area contributed by atoms with Gasteiger partial charge in [0.2, 0.25) is 0 Å². The average molecular weight is 292 g/mol. The van der Waals surface area contributed by atoms with Gasteiger partial charge in [-0.05, 0) is 31.6 Å². The van der Waals surface area contributed by atoms with Crippen molar-refractivity contribution in [2.24, 2.45) is 5.92 Å². The minimum absolute atomic E-state index is 0.0503. The summed E-state index contributed by atoms with van der Waals surface area (Å²) in [6, 6.07) is 0.0503. The largest absolute Gasteiger partial charge is 0.396 e. The van der Waals surface area contributed by atoms with E-state index in [1.54, 1.807) is 11.4 Å². The van der Waals surface area contributed by atoms with E-state index >= 15 is 0 Å². The summed E-state index contributed by atoms with van der Waals surface area (Å²) >= 11 is 0. The van der Waals surface area contributed by atoms with Crippen LogP contribution < -0.4 is 0 Å². The summed E-state index contributed by atoms with van der Waals surface area (Å²) in [5.74, 6) is 0.250. The SMILES string of the molecule is CN(C1CCOCC1)S(=O)(=O)N1CCC(CO)CC1. The van der Waals surface area contributed by atoms with Crippen LogP contribution in [0.5, 0.6) is 0 Å². The first-order chi connectivity index (χ1) is 9.05. The van der Waals surface area contributed by atoms with Gasteiger partial charge in [-0.2, -0.15) is 17.0 Å². The number of nitrogens with zero attached hydrogens (tertiary/aromatic N) is 2. The number of hydrogen-bond acceptors (Lipinski definition) is 4. The summed E-state index contributed by atoms with van der Waals surface area (Å²) in [4.78, 5) is 0. The maximum atomic E-state index is 12.5. The first-order valence-electron chi connectivity index (χ1n) is 6.97. The van der Waals surface area contributed by atoms with Crippen LogP contribution in [0, 0.1) is 5.92 Å². The van der Waals surface area contributed by atoms with Gasteiger partial charge in [0.05, 0.1) is 0 Å². The van der Waals surface area contributed by atoms with Crippen LogP contribution >= 0.6 is 0 Å². The van der Waals surface area contributed by atoms with E-state index in [2.05, 4.69) is 0 Å². The third-order valence-corrected chi connectivity index (χ3v) is 6.27. The zero-order valence-electron chi connectivity index (χ0n) is 11.5. The van der Waals surface area contributed by atoms with E-state index in [-0.39, 0.29) is 18.6 Å². The maximum absolute atomic E-state index is 12.5. The van der Waals surface area contributed by atoms with Gasteiger partial charge in [-0.25, -0.2) is 0 Å². The van der Waals surface area contributed by atoms with Crippen LogP contribution in [-0.4, -0.2) is 68.1 Å². The molecule has 0 unspecified atom stereocenters. The van der Waals surface area contributed by atoms with Crippen molar-refractivity contribution in [3.05, 3.63) is 0 Å². The molecule has 0 bridgehead atoms. The Kier molecular flexibility index (Phi) is 5.19. The average Bonchev–Trinajstić information content (AvgIpc) is 2.47. The van der Waals surface area contributed by atoms with Crippen molar-refractivity contribution < 1.29 is 18.3 Å². The maximum Gasteiger partial charge on any atom is 0.281 e. The van der Waals surface area contributed by atoms with Crippen molar-refractivity contribution in [1.29, 1.82) is 0 Å². The smallest absolute Gasteiger partial charge is 0.281 e. The monoisotopic (exact) mass is 292 g/mol. The molecule has 0 saturated carbocycles. The van der Waals surface area contributed by atoms with E-state index < -0.39 is 10.2 Å². The molecule has 6 nitrogen and oxygen atoms in total. The first-order valence-corrected chi connectivity index (χ1v) is 8.37. The molecule has 7 heteroatoms. The Morgan fingerprint density at radius 3 is 2.32 bits per heavy atom. The van der Waals surface area contributed by atoms with Crippen molar-refractivity contribution in [3.63, 3.8) is 0 Å². The van der Waals surface area contributed by atoms with Crippen LogP contribution in [-0.2, 0) is 14.9 Å². The Labute approximate surface area is 115 Å². The van der Waals surface area contributed by atoms with Crippen LogP contribution in [0.15, 0.2) is 0 Å². The Morgan fingerprint density at radius 1 is 1.21 bits per heavy atom. The molecule has 2 aliphatic rings. The molecule has 112 valence electrons. The second-order valence-corrected chi connectivity index (χ2v) is 7.38. The van der Waals surface area contributed by atoms with Gasteiger partial charge in [0.25, 0.3) is 10.2 Å². The summed E-state index contributed by atoms with van der Waals surface area (Å²) in [7, 11) is -1.69. The van der Waals surface area contributed by atoms with Crippen LogP contribution in [0.2, 0.25) is 0 Å². The third kappa shape index (κ3) is 3.46. The van der Waals surface area contributed by atoms with E-state index in [9.17, 15) is 8.42 Å². The molecule has 0 radical (unpaired) electrons. The molecule has 0 atom stereocenters. The Bertz CT molecular complexity index is 373. The van der Waals surface area contributed by atoms with Crippen LogP contribution in [0.3, 0.4) is 0 Å². The van der Waals surface area contributed by atoms with E-state index in [4.69, 9.17) is 9.84 Å². The summed E-state index contributed by atoms with van der Waals surface area (Å²) in [6.45, 7) is 2.46. The van der Waals surface area contributed by atoms with Gasteiger partial charge >= 0.3 is 0 Å². The fourth-order valence-corrected chi connectivity index (χ4v) is 4.37. The van der Waals surface area contributed by atoms with Crippen molar-refractivity contribution in [3.8, 4) is 0 Å². The van der Waals surface area contributed by atoms with Crippen molar-refractivity contribution in [1.82, 2.24) is 8.61 Å². The van der Waals surface area contributed by atoms with Crippen LogP contribution in [0.25, 0.3) is 0 Å². The molecule has 0 aromatic heterocycles. The molecule has 0 amide bonds. The van der Waals surface area contributed by atoms with Gasteiger partial charge in [0, 0.05) is 46.0 Å². The van der Waals surface area contributed by atoms with E-state index in [1.165, 1.54) is 4.31 Å². The number of hydrogen-bond donors (Lipinski definition) is 1. The minimum atomic E-state index is -3.36. The Hall–Kier alpha value is -0.210. The Morgan fingerprint density at radius 2 is 1.79 bits per heavy atom. The van der Waals surface area contributed by atoms with Crippen LogP contribution in [0.4, 0.5) is 0 Å². The van der Waals surface area contributed by atoms with E-state index in [0.717, 1.165) is 25.7 Å². The summed E-state index contributed by atoms with van der Waals surface area (Å²) < 4.78 is 33.4. The van der Waals surface area contributed by atoms with Gasteiger partial charge in [-0.3, -0.25) is 0 Å². The van der Waals surface area contributed by atoms with Gasteiger partial charge in [0.15, 0.2) is 0 Å². The molecule has 0 aliphatic carbocycles. The summed E-state index contributed by atoms with van der Waals surface area (Å²) in [6.07, 6.45) is 3.03. The van der Waals surface area contributed by atoms with Gasteiger partial charge in [0.1, 0.15) is 0 Å². The highest BCUT2D eigenvalue weighted by atomic mass is 32.2. The highest BCUT2D eigenvalue weighted by molar-refractivity contribution is 7.86. The molecule has 2 saturated heterocycles. The van der Waals surface area contributed by atoms with Crippen molar-refractivity contribution in [2.75, 3.05) is 40.0 Å². The second kappa shape index (κ2) is 6.49. The summed E-state index contributed by atoms with van der Waals surface area (Å²) in [5, 5.41) is 9.10. The number of rotatable bonds is 4. The number of ether oxygens (including phenoxy) is 1. The van der Waals surface area contributed by atoms with Gasteiger partial charge < -0.3 is 9.84 Å². The molecule has 2 fully saturated rings. The predicted molar refractivity (Wildman–Crippen MR) is 71.9 cm³/mol. The fraction of sp³-hybridized carbons (Fsp3) is 1.00. The second-order valence-electron chi connectivity index (χ2n) is 5.39. The highest BCUT2D eigenvalue weighted by Gasteiger charge is 2.34. The first kappa shape index (κ1) is 15.2. The zero-order valence-corrected chi connectivity index (χ0v) is 12.3. The topological polar surface area (TPSA) is 70.1 Å². The number of aliphatic hydroxyl groups is 1. The normalized spacial score (nSPS) is 25.0. The summed E-state index contributed by atoms with van der Waals surface area (Å²) in [5.41, 5.74) is 0. The molecule has 0 aromatic carbocycles. The number of aliphatic hydroxyl groups excluding tert-OH is 1. The molecular formula is C12H24N2O4S. The molecule has 19 heavy (non-hydrogen) atoms. The number of piperidine rings is 1. The third-order valence-electron chi connectivity index (χ3n) is 4.23. The minimum Gasteiger partial charge on any atom is -0.396 e. The van der Waals surface area contributed by atoms with Gasteiger partial charge in [-0.15, -0.1) is 0 Å². The van der Waals surface area contributed by atoms with Gasteiger partial charge in [-0.1, -0.05) is 0 Å². The molecule has 1 N–H and O–H groups in total. The standard InChI is InChI=1S/C12H24N2O4S/c1-13(12-4-8-18-9-5-12)19(16,17)14-6-2-11(10-15)3-7-14/h11-12,15H,2-10H2,1H3. The van der Waals surface area contributed by atoms with Crippen molar-refractivity contribution in [2.45, 2.75) is 31.7 Å². The molecule has 0 spiro atoms. The zero-order chi connectivity index (χ0) is 13.9. The quantitative estimate of drug-likeness (QED) is 0.794. The Balaban J connectivity index is 1.97. The lowest BCUT2D eigenvalue weighted by Crippen LogP contribution is -2.50. The highest BCUT2D eigenvalue weighted by Crippen LogP contribution is 2.23. The molecule has 2 heterocycles.